The molecule has 4 heteroatoms. The van der Waals surface area contributed by atoms with Gasteiger partial charge in [0.1, 0.15) is 0 Å². The maximum Gasteiger partial charge on any atom is 0.220 e. The van der Waals surface area contributed by atoms with E-state index in [4.69, 9.17) is 4.42 Å². The van der Waals surface area contributed by atoms with Gasteiger partial charge in [-0.15, -0.1) is 10.2 Å². The Morgan fingerprint density at radius 1 is 1.50 bits per heavy atom. The van der Waals surface area contributed by atoms with Gasteiger partial charge in [0, 0.05) is 13.0 Å². The number of rotatable bonds is 3. The van der Waals surface area contributed by atoms with Crippen molar-refractivity contribution in [2.24, 2.45) is 5.92 Å². The van der Waals surface area contributed by atoms with E-state index >= 15 is 0 Å². The lowest BCUT2D eigenvalue weighted by Crippen LogP contribution is -2.08. The van der Waals surface area contributed by atoms with Crippen LogP contribution < -0.4 is 5.32 Å². The van der Waals surface area contributed by atoms with Gasteiger partial charge in [-0.3, -0.25) is 0 Å². The summed E-state index contributed by atoms with van der Waals surface area (Å²) in [5.74, 6) is 2.60. The highest BCUT2D eigenvalue weighted by atomic mass is 16.4. The molecule has 1 aliphatic rings. The van der Waals surface area contributed by atoms with Gasteiger partial charge in [0.25, 0.3) is 0 Å². The van der Waals surface area contributed by atoms with Gasteiger partial charge in [0.05, 0.1) is 5.92 Å². The van der Waals surface area contributed by atoms with Crippen molar-refractivity contribution >= 4 is 0 Å². The van der Waals surface area contributed by atoms with E-state index in [1.165, 1.54) is 0 Å². The molecule has 1 saturated heterocycles. The third kappa shape index (κ3) is 2.12. The number of hydrogen-bond acceptors (Lipinski definition) is 4. The van der Waals surface area contributed by atoms with Gasteiger partial charge in [0.15, 0.2) is 0 Å². The van der Waals surface area contributed by atoms with E-state index in [9.17, 15) is 0 Å². The van der Waals surface area contributed by atoms with E-state index in [-0.39, 0.29) is 0 Å². The molecular weight excluding hydrogens is 178 g/mol. The van der Waals surface area contributed by atoms with Crippen LogP contribution in [0, 0.1) is 5.92 Å². The van der Waals surface area contributed by atoms with E-state index in [0.717, 1.165) is 37.7 Å². The second-order valence-corrected chi connectivity index (χ2v) is 4.32. The minimum Gasteiger partial charge on any atom is -0.425 e. The molecule has 4 nitrogen and oxygen atoms in total. The fourth-order valence-electron chi connectivity index (χ4n) is 1.73. The van der Waals surface area contributed by atoms with Crippen molar-refractivity contribution in [3.63, 3.8) is 0 Å². The number of nitrogens with one attached hydrogen (secondary N) is 1. The summed E-state index contributed by atoms with van der Waals surface area (Å²) in [5.41, 5.74) is 0. The molecule has 1 fully saturated rings. The van der Waals surface area contributed by atoms with Crippen molar-refractivity contribution in [3.05, 3.63) is 11.8 Å². The van der Waals surface area contributed by atoms with Crippen LogP contribution in [-0.4, -0.2) is 23.3 Å². The maximum absolute atomic E-state index is 5.62. The Kier molecular flexibility index (Phi) is 2.82. The molecule has 2 heterocycles. The number of aromatic nitrogens is 2. The summed E-state index contributed by atoms with van der Waals surface area (Å²) in [4.78, 5) is 0. The SMILES string of the molecule is CC(C)Cc1nnc(C2CCNC2)o1. The van der Waals surface area contributed by atoms with Crippen molar-refractivity contribution in [2.45, 2.75) is 32.6 Å². The van der Waals surface area contributed by atoms with E-state index in [1.807, 2.05) is 0 Å². The summed E-state index contributed by atoms with van der Waals surface area (Å²) in [6.45, 7) is 6.35. The molecular formula is C10H17N3O. The summed E-state index contributed by atoms with van der Waals surface area (Å²) < 4.78 is 5.62. The maximum atomic E-state index is 5.62. The molecule has 1 unspecified atom stereocenters. The third-order valence-electron chi connectivity index (χ3n) is 2.47. The second kappa shape index (κ2) is 4.09. The predicted molar refractivity (Wildman–Crippen MR) is 53.1 cm³/mol. The number of hydrogen-bond donors (Lipinski definition) is 1. The summed E-state index contributed by atoms with van der Waals surface area (Å²) >= 11 is 0. The Bertz CT molecular complexity index is 289. The highest BCUT2D eigenvalue weighted by molar-refractivity contribution is 4.96. The summed E-state index contributed by atoms with van der Waals surface area (Å²) in [6, 6.07) is 0. The molecule has 1 aliphatic heterocycles. The smallest absolute Gasteiger partial charge is 0.220 e. The van der Waals surface area contributed by atoms with Gasteiger partial charge >= 0.3 is 0 Å². The van der Waals surface area contributed by atoms with Crippen LogP contribution in [-0.2, 0) is 6.42 Å². The first-order valence-corrected chi connectivity index (χ1v) is 5.28. The van der Waals surface area contributed by atoms with Crippen molar-refractivity contribution in [3.8, 4) is 0 Å². The zero-order valence-electron chi connectivity index (χ0n) is 8.79. The molecule has 1 aromatic heterocycles. The molecule has 0 bridgehead atoms. The fraction of sp³-hybridized carbons (Fsp3) is 0.800. The summed E-state index contributed by atoms with van der Waals surface area (Å²) in [7, 11) is 0. The molecule has 0 saturated carbocycles. The van der Waals surface area contributed by atoms with Crippen LogP contribution in [0.4, 0.5) is 0 Å². The molecule has 0 spiro atoms. The molecule has 0 aromatic carbocycles. The lowest BCUT2D eigenvalue weighted by Gasteiger charge is -2.00. The first-order chi connectivity index (χ1) is 6.75. The monoisotopic (exact) mass is 195 g/mol. The standard InChI is InChI=1S/C10H17N3O/c1-7(2)5-9-12-13-10(14-9)8-3-4-11-6-8/h7-8,11H,3-6H2,1-2H3. The van der Waals surface area contributed by atoms with Gasteiger partial charge in [-0.05, 0) is 18.9 Å². The van der Waals surface area contributed by atoms with E-state index in [2.05, 4.69) is 29.4 Å². The molecule has 1 N–H and O–H groups in total. The number of nitrogens with zero attached hydrogens (tertiary/aromatic N) is 2. The molecule has 1 atom stereocenters. The normalized spacial score (nSPS) is 22.1. The molecule has 0 radical (unpaired) electrons. The average molecular weight is 195 g/mol. The van der Waals surface area contributed by atoms with Crippen LogP contribution in [0.1, 0.15) is 38.0 Å². The minimum atomic E-state index is 0.434. The van der Waals surface area contributed by atoms with Crippen LogP contribution in [0.2, 0.25) is 0 Å². The Morgan fingerprint density at radius 3 is 3.00 bits per heavy atom. The highest BCUT2D eigenvalue weighted by Gasteiger charge is 2.22. The van der Waals surface area contributed by atoms with E-state index in [0.29, 0.717) is 11.8 Å². The van der Waals surface area contributed by atoms with Crippen molar-refractivity contribution in [1.29, 1.82) is 0 Å². The van der Waals surface area contributed by atoms with Crippen molar-refractivity contribution < 1.29 is 4.42 Å². The predicted octanol–water partition coefficient (Wildman–Crippen LogP) is 1.34. The molecule has 14 heavy (non-hydrogen) atoms. The third-order valence-corrected chi connectivity index (χ3v) is 2.47. The lowest BCUT2D eigenvalue weighted by molar-refractivity contribution is 0.405. The van der Waals surface area contributed by atoms with Crippen LogP contribution in [0.15, 0.2) is 4.42 Å². The Labute approximate surface area is 84.1 Å². The van der Waals surface area contributed by atoms with Crippen LogP contribution in [0.25, 0.3) is 0 Å². The Balaban J connectivity index is 2.01. The zero-order valence-corrected chi connectivity index (χ0v) is 8.79. The van der Waals surface area contributed by atoms with Gasteiger partial charge in [-0.1, -0.05) is 13.8 Å². The van der Waals surface area contributed by atoms with Gasteiger partial charge in [0.2, 0.25) is 11.8 Å². The zero-order chi connectivity index (χ0) is 9.97. The van der Waals surface area contributed by atoms with Gasteiger partial charge < -0.3 is 9.73 Å². The molecule has 0 amide bonds. The first-order valence-electron chi connectivity index (χ1n) is 5.28. The van der Waals surface area contributed by atoms with Gasteiger partial charge in [-0.25, -0.2) is 0 Å². The fourth-order valence-corrected chi connectivity index (χ4v) is 1.73. The minimum absolute atomic E-state index is 0.434. The van der Waals surface area contributed by atoms with Crippen LogP contribution in [0.5, 0.6) is 0 Å². The molecule has 1 aromatic rings. The van der Waals surface area contributed by atoms with Crippen molar-refractivity contribution in [2.75, 3.05) is 13.1 Å². The largest absolute Gasteiger partial charge is 0.425 e. The molecule has 2 rings (SSSR count). The van der Waals surface area contributed by atoms with E-state index in [1.54, 1.807) is 0 Å². The Morgan fingerprint density at radius 2 is 2.36 bits per heavy atom. The van der Waals surface area contributed by atoms with Crippen LogP contribution in [0.3, 0.4) is 0 Å². The second-order valence-electron chi connectivity index (χ2n) is 4.32. The quantitative estimate of drug-likeness (QED) is 0.791. The summed E-state index contributed by atoms with van der Waals surface area (Å²) in [5, 5.41) is 11.4. The van der Waals surface area contributed by atoms with E-state index < -0.39 is 0 Å². The van der Waals surface area contributed by atoms with Gasteiger partial charge in [-0.2, -0.15) is 0 Å². The average Bonchev–Trinajstić information content (AvgIpc) is 2.69. The van der Waals surface area contributed by atoms with Crippen LogP contribution >= 0.6 is 0 Å². The molecule has 78 valence electrons. The highest BCUT2D eigenvalue weighted by Crippen LogP contribution is 2.21. The van der Waals surface area contributed by atoms with Crippen molar-refractivity contribution in [1.82, 2.24) is 15.5 Å². The summed E-state index contributed by atoms with van der Waals surface area (Å²) in [6.07, 6.45) is 2.00. The first kappa shape index (κ1) is 9.65. The topological polar surface area (TPSA) is 51.0 Å². The lowest BCUT2D eigenvalue weighted by atomic mass is 10.1. The molecule has 0 aliphatic carbocycles. The Hall–Kier alpha value is -0.900.